The van der Waals surface area contributed by atoms with Crippen molar-refractivity contribution in [2.24, 2.45) is 0 Å². The normalized spacial score (nSPS) is 11.5. The topological polar surface area (TPSA) is 32.5 Å². The zero-order chi connectivity index (χ0) is 82.7. The predicted octanol–water partition coefficient (Wildman–Crippen LogP) is 33.0. The van der Waals surface area contributed by atoms with Gasteiger partial charge in [0.2, 0.25) is 0 Å². The summed E-state index contributed by atoms with van der Waals surface area (Å²) in [4.78, 5) is 12.3. The van der Waals surface area contributed by atoms with Crippen molar-refractivity contribution < 1.29 is 0 Å². The summed E-state index contributed by atoms with van der Waals surface area (Å²) in [7, 11) is 0. The molecule has 22 aromatic carbocycles. The summed E-state index contributed by atoms with van der Waals surface area (Å²) in [5.41, 5.74) is 24.8. The lowest BCUT2D eigenvalue weighted by Crippen LogP contribution is -2.10. The van der Waals surface area contributed by atoms with Gasteiger partial charge in [-0.3, -0.25) is 4.57 Å². The zero-order valence-corrected chi connectivity index (χ0v) is 68.4. The Kier molecular flexibility index (Phi) is 18.5. The quantitative estimate of drug-likeness (QED) is 0.0958. The van der Waals surface area contributed by atoms with Gasteiger partial charge in [0.05, 0.1) is 39.1 Å². The Hall–Kier alpha value is -16.7. The molecule has 0 saturated heterocycles. The van der Waals surface area contributed by atoms with Gasteiger partial charge in [-0.15, -0.1) is 0 Å². The largest absolute Gasteiger partial charge is 0.310 e. The molecule has 2 heterocycles. The lowest BCUT2D eigenvalue weighted by Gasteiger charge is -2.27. The summed E-state index contributed by atoms with van der Waals surface area (Å²) in [5, 5.41) is 19.5. The van der Waals surface area contributed by atoms with Crippen molar-refractivity contribution in [2.45, 2.75) is 0 Å². The molecule has 0 fully saturated rings. The Bertz CT molecular complexity index is 8030. The Morgan fingerprint density at radius 1 is 0.168 bits per heavy atom. The molecule has 0 aliphatic heterocycles. The van der Waals surface area contributed by atoms with Crippen LogP contribution >= 0.6 is 0 Å². The van der Waals surface area contributed by atoms with Gasteiger partial charge < -0.3 is 19.3 Å². The molecule has 24 rings (SSSR count). The van der Waals surface area contributed by atoms with Gasteiger partial charge in [0, 0.05) is 78.0 Å². The van der Waals surface area contributed by atoms with Crippen LogP contribution in [0.1, 0.15) is 0 Å². The van der Waals surface area contributed by atoms with Gasteiger partial charge in [0.1, 0.15) is 5.82 Å². The van der Waals surface area contributed by atoms with Crippen molar-refractivity contribution in [1.82, 2.24) is 14.1 Å². The molecule has 6 heteroatoms. The molecular weight excluding hydrogens is 1510 g/mol. The highest BCUT2D eigenvalue weighted by atomic mass is 15.2. The maximum atomic E-state index is 5.12. The fraction of sp³-hybridized carbons (Fsp3) is 0. The maximum Gasteiger partial charge on any atom is 0.145 e. The molecule has 586 valence electrons. The highest BCUT2D eigenvalue weighted by Gasteiger charge is 2.26. The molecule has 2 aromatic heterocycles. The highest BCUT2D eigenvalue weighted by molar-refractivity contribution is 6.23. The van der Waals surface area contributed by atoms with Crippen molar-refractivity contribution in [3.63, 3.8) is 0 Å². The zero-order valence-electron chi connectivity index (χ0n) is 68.4. The first kappa shape index (κ1) is 73.5. The molecule has 0 N–H and O–H groups in total. The first-order chi connectivity index (χ1) is 62.0. The van der Waals surface area contributed by atoms with E-state index < -0.39 is 0 Å². The van der Waals surface area contributed by atoms with Crippen molar-refractivity contribution >= 4 is 159 Å². The number of imidazole rings is 1. The third-order valence-corrected chi connectivity index (χ3v) is 24.8. The predicted molar refractivity (Wildman–Crippen MR) is 530 cm³/mol. The summed E-state index contributed by atoms with van der Waals surface area (Å²) < 4.78 is 4.69. The van der Waals surface area contributed by atoms with Crippen molar-refractivity contribution in [1.29, 1.82) is 0 Å². The van der Waals surface area contributed by atoms with Crippen LogP contribution in [0, 0.1) is 0 Å². The smallest absolute Gasteiger partial charge is 0.145 e. The number of hydrogen-bond acceptors (Lipinski definition) is 4. The molecule has 6 nitrogen and oxygen atoms in total. The van der Waals surface area contributed by atoms with E-state index in [0.717, 1.165) is 112 Å². The van der Waals surface area contributed by atoms with Crippen LogP contribution in [0.25, 0.3) is 164 Å². The minimum Gasteiger partial charge on any atom is -0.310 e. The lowest BCUT2D eigenvalue weighted by molar-refractivity contribution is 1.10. The van der Waals surface area contributed by atoms with E-state index in [2.05, 4.69) is 509 Å². The van der Waals surface area contributed by atoms with Crippen LogP contribution in [0.2, 0.25) is 0 Å². The molecular formula is C119H80N6. The second-order valence-corrected chi connectivity index (χ2v) is 32.1. The molecule has 0 aliphatic carbocycles. The van der Waals surface area contributed by atoms with Gasteiger partial charge in [-0.2, -0.15) is 0 Å². The Morgan fingerprint density at radius 2 is 0.512 bits per heavy atom. The Balaban J connectivity index is 0.000000148. The van der Waals surface area contributed by atoms with Gasteiger partial charge >= 0.3 is 0 Å². The Labute approximate surface area is 724 Å². The number of aromatic nitrogens is 3. The van der Waals surface area contributed by atoms with Gasteiger partial charge in [-0.25, -0.2) is 4.98 Å². The third kappa shape index (κ3) is 13.3. The van der Waals surface area contributed by atoms with E-state index in [1.165, 1.54) is 103 Å². The minimum absolute atomic E-state index is 0.933. The standard InChI is InChI=1S/C66H46N4.C53H34N2/c1-4-25-50(26-5-1)67(62-34-16-22-47-19-10-13-31-57(47)62)53-37-39-54(40-38-53)70-65-43-41-55(68(51-27-6-2-7-28-51)63-35-17-23-48-20-11-14-32-58(48)63)45-60(65)61-46-56(42-44-66(61)70)69(52-29-8-3-9-30-52)64-36-18-24-49-21-12-15-33-59(49)64;1-2-16-44(17-3-1)55-50-21-11-10-20-49(50)54-53(55)38-26-22-37(23-27-38)41-30-31-47-48(34-41)52(43-29-25-36-13-5-7-15-40(36)33-43)46-19-9-8-18-45(46)51(47)42-28-24-35-12-4-6-14-39(35)32-42/h1-46H;1-34H. The van der Waals surface area contributed by atoms with Gasteiger partial charge in [0.25, 0.3) is 0 Å². The monoisotopic (exact) mass is 1590 g/mol. The summed E-state index contributed by atoms with van der Waals surface area (Å²) in [6.45, 7) is 0. The molecule has 24 aromatic rings. The van der Waals surface area contributed by atoms with Crippen molar-refractivity contribution in [2.75, 3.05) is 14.7 Å². The number of benzene rings is 22. The van der Waals surface area contributed by atoms with Crippen LogP contribution in [-0.2, 0) is 0 Å². The second kappa shape index (κ2) is 31.5. The summed E-state index contributed by atoms with van der Waals surface area (Å²) >= 11 is 0. The second-order valence-electron chi connectivity index (χ2n) is 32.1. The Morgan fingerprint density at radius 3 is 1.00 bits per heavy atom. The fourth-order valence-corrected chi connectivity index (χ4v) is 19.1. The first-order valence-electron chi connectivity index (χ1n) is 42.8. The minimum atomic E-state index is 0.933. The van der Waals surface area contributed by atoms with Crippen molar-refractivity contribution in [3.05, 3.63) is 485 Å². The summed E-state index contributed by atoms with van der Waals surface area (Å²) in [6.07, 6.45) is 0. The number of rotatable bonds is 15. The summed E-state index contributed by atoms with van der Waals surface area (Å²) in [5.74, 6) is 0.933. The van der Waals surface area contributed by atoms with Crippen LogP contribution in [0.5, 0.6) is 0 Å². The number of nitrogens with zero attached hydrogens (tertiary/aromatic N) is 6. The van der Waals surface area contributed by atoms with Crippen LogP contribution in [0.15, 0.2) is 485 Å². The third-order valence-electron chi connectivity index (χ3n) is 24.8. The van der Waals surface area contributed by atoms with Crippen LogP contribution in [0.3, 0.4) is 0 Å². The average Bonchev–Trinajstić information content (AvgIpc) is 1.49. The summed E-state index contributed by atoms with van der Waals surface area (Å²) in [6, 6.07) is 176. The average molecular weight is 1590 g/mol. The van der Waals surface area contributed by atoms with Crippen LogP contribution < -0.4 is 14.7 Å². The molecule has 0 aliphatic rings. The molecule has 0 radical (unpaired) electrons. The van der Waals surface area contributed by atoms with Gasteiger partial charge in [0.15, 0.2) is 0 Å². The maximum absolute atomic E-state index is 5.12. The molecule has 0 amide bonds. The molecule has 0 spiro atoms. The number of anilines is 9. The van der Waals surface area contributed by atoms with E-state index in [9.17, 15) is 0 Å². The van der Waals surface area contributed by atoms with E-state index >= 15 is 0 Å². The number of fused-ring (bicyclic) bond motifs is 11. The van der Waals surface area contributed by atoms with Gasteiger partial charge in [-0.1, -0.05) is 328 Å². The molecule has 0 unspecified atom stereocenters. The molecule has 0 atom stereocenters. The van der Waals surface area contributed by atoms with Crippen LogP contribution in [0.4, 0.5) is 51.2 Å². The number of para-hydroxylation sites is 6. The SMILES string of the molecule is c1ccc(-n2c(-c3ccc(-c4ccc5c(-c6ccc7ccccc7c6)c6ccccc6c(-c6ccc7ccccc7c6)c5c4)cc3)nc3ccccc32)cc1.c1ccc(N(c2ccc(-n3c4ccc(N(c5ccccc5)c5cccc6ccccc56)cc4c4cc(N(c5ccccc5)c5cccc6ccccc56)ccc43)cc2)c2cccc3ccccc23)cc1. The van der Waals surface area contributed by atoms with Crippen molar-refractivity contribution in [3.8, 4) is 56.1 Å². The van der Waals surface area contributed by atoms with E-state index in [4.69, 9.17) is 4.98 Å². The number of hydrogen-bond donors (Lipinski definition) is 0. The molecule has 125 heavy (non-hydrogen) atoms. The lowest BCUT2D eigenvalue weighted by atomic mass is 9.84. The molecule has 0 bridgehead atoms. The highest BCUT2D eigenvalue weighted by Crippen LogP contribution is 2.50. The van der Waals surface area contributed by atoms with E-state index in [1.807, 2.05) is 0 Å². The fourth-order valence-electron chi connectivity index (χ4n) is 19.1. The van der Waals surface area contributed by atoms with E-state index in [1.54, 1.807) is 0 Å². The van der Waals surface area contributed by atoms with Gasteiger partial charge in [-0.05, 0) is 250 Å². The molecule has 0 saturated carbocycles. The first-order valence-corrected chi connectivity index (χ1v) is 42.8. The van der Waals surface area contributed by atoms with E-state index in [0.29, 0.717) is 0 Å². The van der Waals surface area contributed by atoms with E-state index in [-0.39, 0.29) is 0 Å². The van der Waals surface area contributed by atoms with Crippen LogP contribution in [-0.4, -0.2) is 14.1 Å².